The minimum atomic E-state index is -4.33. The van der Waals surface area contributed by atoms with E-state index in [0.29, 0.717) is 0 Å². The van der Waals surface area contributed by atoms with Crippen molar-refractivity contribution in [3.8, 4) is 0 Å². The number of hydrogen-bond donors (Lipinski definition) is 2. The van der Waals surface area contributed by atoms with Crippen LogP contribution < -0.4 is 0 Å². The van der Waals surface area contributed by atoms with Gasteiger partial charge >= 0.3 is 0 Å². The first-order chi connectivity index (χ1) is 3.51. The normalized spacial score (nSPS) is 18.7. The Hall–Kier alpha value is 0.0700. The molecule has 0 aromatic heterocycles. The molecule has 0 aromatic rings. The fraction of sp³-hybridized carbons (Fsp3) is 1.00. The summed E-state index contributed by atoms with van der Waals surface area (Å²) in [5.74, 6) is 0. The first-order valence-corrected chi connectivity index (χ1v) is 4.93. The first-order valence-electron chi connectivity index (χ1n) is 2.64. The Kier molecular flexibility index (Phi) is 1.57. The number of hydrogen-bond acceptors (Lipinski definition) is 1. The van der Waals surface area contributed by atoms with Gasteiger partial charge in [0.2, 0.25) is 0 Å². The molecule has 0 heterocycles. The zero-order valence-corrected chi connectivity index (χ0v) is 7.03. The van der Waals surface area contributed by atoms with Crippen molar-refractivity contribution < 1.29 is 13.3 Å². The van der Waals surface area contributed by atoms with Crippen molar-refractivity contribution in [3.63, 3.8) is 0 Å². The van der Waals surface area contributed by atoms with E-state index in [9.17, 15) is 4.21 Å². The molecule has 0 saturated carbocycles. The maximum Gasteiger partial charge on any atom is 0.0845 e. The SMILES string of the molecule is CC(C)(C)S(C)(=O)(O)O. The van der Waals surface area contributed by atoms with Gasteiger partial charge in [-0.05, 0) is 20.8 Å². The molecule has 0 aliphatic heterocycles. The summed E-state index contributed by atoms with van der Waals surface area (Å²) in [5.41, 5.74) is 0. The molecule has 0 fully saturated rings. The summed E-state index contributed by atoms with van der Waals surface area (Å²) < 4.78 is 27.8. The Balaban J connectivity index is 4.80. The smallest absolute Gasteiger partial charge is 0.0845 e. The van der Waals surface area contributed by atoms with Gasteiger partial charge in [0.25, 0.3) is 0 Å². The highest BCUT2D eigenvalue weighted by atomic mass is 32.3. The van der Waals surface area contributed by atoms with Crippen LogP contribution in [0, 0.1) is 0 Å². The van der Waals surface area contributed by atoms with Gasteiger partial charge in [-0.1, -0.05) is 0 Å². The van der Waals surface area contributed by atoms with Crippen molar-refractivity contribution >= 4 is 9.63 Å². The van der Waals surface area contributed by atoms with Crippen LogP contribution in [-0.2, 0) is 9.63 Å². The lowest BCUT2D eigenvalue weighted by Crippen LogP contribution is -2.48. The van der Waals surface area contributed by atoms with Gasteiger partial charge in [0.1, 0.15) is 0 Å². The van der Waals surface area contributed by atoms with Gasteiger partial charge < -0.3 is 9.11 Å². The standard InChI is InChI=1S/C5H14O3S/c1-5(2,3)9(4,6,7)8/h1-4H3,(H2,6,7,8). The maximum atomic E-state index is 10.9. The van der Waals surface area contributed by atoms with Crippen LogP contribution in [0.25, 0.3) is 0 Å². The van der Waals surface area contributed by atoms with Crippen LogP contribution >= 0.6 is 0 Å². The van der Waals surface area contributed by atoms with E-state index < -0.39 is 14.4 Å². The minimum absolute atomic E-state index is 0.956. The molecule has 0 aromatic carbocycles. The third-order valence-electron chi connectivity index (χ3n) is 1.41. The third-order valence-corrected chi connectivity index (χ3v) is 4.23. The van der Waals surface area contributed by atoms with E-state index in [1.54, 1.807) is 0 Å². The largest absolute Gasteiger partial charge is 0.307 e. The van der Waals surface area contributed by atoms with Crippen LogP contribution in [0.1, 0.15) is 20.8 Å². The average molecular weight is 154 g/mol. The van der Waals surface area contributed by atoms with Crippen LogP contribution in [0.3, 0.4) is 0 Å². The first kappa shape index (κ1) is 9.07. The predicted molar refractivity (Wildman–Crippen MR) is 39.1 cm³/mol. The molecule has 0 unspecified atom stereocenters. The molecule has 2 N–H and O–H groups in total. The van der Waals surface area contributed by atoms with Gasteiger partial charge in [0, 0.05) is 6.26 Å². The van der Waals surface area contributed by atoms with Gasteiger partial charge in [-0.25, -0.2) is 4.21 Å². The van der Waals surface area contributed by atoms with Crippen molar-refractivity contribution in [2.45, 2.75) is 25.5 Å². The van der Waals surface area contributed by atoms with Crippen molar-refractivity contribution in [2.75, 3.05) is 6.26 Å². The molecule has 0 spiro atoms. The summed E-state index contributed by atoms with van der Waals surface area (Å²) in [5, 5.41) is 0. The second kappa shape index (κ2) is 1.56. The molecule has 0 atom stereocenters. The van der Waals surface area contributed by atoms with Crippen molar-refractivity contribution in [1.82, 2.24) is 0 Å². The van der Waals surface area contributed by atoms with E-state index >= 15 is 0 Å². The summed E-state index contributed by atoms with van der Waals surface area (Å²) in [6.07, 6.45) is 0.956. The summed E-state index contributed by atoms with van der Waals surface area (Å²) in [6.45, 7) is 4.55. The highest BCUT2D eigenvalue weighted by Gasteiger charge is 2.38. The highest BCUT2D eigenvalue weighted by molar-refractivity contribution is 8.10. The summed E-state index contributed by atoms with van der Waals surface area (Å²) >= 11 is 0. The molecule has 4 heteroatoms. The molecule has 0 saturated heterocycles. The topological polar surface area (TPSA) is 57.5 Å². The van der Waals surface area contributed by atoms with Crippen LogP contribution in [-0.4, -0.2) is 24.3 Å². The Morgan fingerprint density at radius 1 is 1.22 bits per heavy atom. The molecule has 0 radical (unpaired) electrons. The van der Waals surface area contributed by atoms with Gasteiger partial charge in [-0.15, -0.1) is 0 Å². The molecule has 0 rings (SSSR count). The molecule has 3 nitrogen and oxygen atoms in total. The second-order valence-corrected chi connectivity index (χ2v) is 7.03. The zero-order chi connectivity index (χ0) is 7.95. The maximum absolute atomic E-state index is 10.9. The van der Waals surface area contributed by atoms with Crippen LogP contribution in [0.15, 0.2) is 0 Å². The van der Waals surface area contributed by atoms with Crippen LogP contribution in [0.4, 0.5) is 0 Å². The monoisotopic (exact) mass is 154 g/mol. The predicted octanol–water partition coefficient (Wildman–Crippen LogP) is 1.18. The lowest BCUT2D eigenvalue weighted by molar-refractivity contribution is 0.365. The fourth-order valence-electron chi connectivity index (χ4n) is 0. The number of rotatable bonds is 0. The van der Waals surface area contributed by atoms with Gasteiger partial charge in [0.15, 0.2) is 0 Å². The second-order valence-electron chi connectivity index (χ2n) is 3.34. The van der Waals surface area contributed by atoms with Crippen LogP contribution in [0.2, 0.25) is 0 Å². The molecular formula is C5H14O3S. The molecule has 0 aliphatic rings. The Morgan fingerprint density at radius 2 is 1.33 bits per heavy atom. The van der Waals surface area contributed by atoms with Gasteiger partial charge in [-0.2, -0.15) is 0 Å². The molecule has 0 aliphatic carbocycles. The van der Waals surface area contributed by atoms with Crippen molar-refractivity contribution in [2.24, 2.45) is 0 Å². The average Bonchev–Trinajstić information content (AvgIpc) is 1.20. The quantitative estimate of drug-likeness (QED) is 0.551. The van der Waals surface area contributed by atoms with E-state index in [4.69, 9.17) is 9.11 Å². The van der Waals surface area contributed by atoms with Crippen molar-refractivity contribution in [3.05, 3.63) is 0 Å². The molecule has 58 valence electrons. The van der Waals surface area contributed by atoms with E-state index in [1.165, 1.54) is 20.8 Å². The molecular weight excluding hydrogens is 140 g/mol. The Labute approximate surface area is 55.5 Å². The van der Waals surface area contributed by atoms with E-state index in [1.807, 2.05) is 0 Å². The third kappa shape index (κ3) is 2.04. The van der Waals surface area contributed by atoms with Gasteiger partial charge in [0.05, 0.1) is 14.4 Å². The van der Waals surface area contributed by atoms with Gasteiger partial charge in [-0.3, -0.25) is 0 Å². The fourth-order valence-corrected chi connectivity index (χ4v) is 0. The Morgan fingerprint density at radius 3 is 1.33 bits per heavy atom. The van der Waals surface area contributed by atoms with E-state index in [0.717, 1.165) is 6.26 Å². The summed E-state index contributed by atoms with van der Waals surface area (Å²) in [6, 6.07) is 0. The summed E-state index contributed by atoms with van der Waals surface area (Å²) in [7, 11) is -4.33. The van der Waals surface area contributed by atoms with Crippen molar-refractivity contribution in [1.29, 1.82) is 0 Å². The Bertz CT molecular complexity index is 160. The minimum Gasteiger partial charge on any atom is -0.307 e. The molecule has 9 heavy (non-hydrogen) atoms. The highest BCUT2D eigenvalue weighted by Crippen LogP contribution is 2.29. The summed E-state index contributed by atoms with van der Waals surface area (Å²) in [4.78, 5) is 0. The zero-order valence-electron chi connectivity index (χ0n) is 6.21. The van der Waals surface area contributed by atoms with Crippen LogP contribution in [0.5, 0.6) is 0 Å². The molecule has 0 bridgehead atoms. The lowest BCUT2D eigenvalue weighted by Gasteiger charge is -2.38. The van der Waals surface area contributed by atoms with E-state index in [-0.39, 0.29) is 0 Å². The molecule has 0 amide bonds. The van der Waals surface area contributed by atoms with E-state index in [2.05, 4.69) is 0 Å². The lowest BCUT2D eigenvalue weighted by atomic mass is 10.3.